The molecule has 0 aliphatic carbocycles. The number of ether oxygens (including phenoxy) is 1. The third kappa shape index (κ3) is 3.50. The van der Waals surface area contributed by atoms with Crippen LogP contribution in [0.3, 0.4) is 0 Å². The van der Waals surface area contributed by atoms with Crippen molar-refractivity contribution in [2.45, 2.75) is 6.10 Å². The number of hydrogen-bond acceptors (Lipinski definition) is 4. The van der Waals surface area contributed by atoms with Crippen molar-refractivity contribution >= 4 is 5.97 Å². The molecule has 1 atom stereocenters. The summed E-state index contributed by atoms with van der Waals surface area (Å²) in [5.41, 5.74) is 0.0891. The molecule has 4 nitrogen and oxygen atoms in total. The molecule has 0 spiro atoms. The Morgan fingerprint density at radius 3 is 2.50 bits per heavy atom. The number of carbonyl (C=O) groups is 1. The molecule has 0 bridgehead atoms. The van der Waals surface area contributed by atoms with Crippen molar-refractivity contribution < 1.29 is 14.6 Å². The molecule has 0 fully saturated rings. The van der Waals surface area contributed by atoms with Gasteiger partial charge in [-0.2, -0.15) is 0 Å². The Labute approximate surface area is 72.4 Å². The maximum atomic E-state index is 10.8. The fourth-order valence-corrected chi connectivity index (χ4v) is 0.723. The Bertz CT molecular complexity index is 177. The van der Waals surface area contributed by atoms with Crippen LogP contribution in [0.25, 0.3) is 0 Å². The molecule has 0 aromatic carbocycles. The standard InChI is InChI=1S/C8H15NO3/c1-6(8(11)12-4)7(10)5-9(2)3/h7,10H,1,5H2,2-4H3. The highest BCUT2D eigenvalue weighted by Gasteiger charge is 2.16. The van der Waals surface area contributed by atoms with Crippen LogP contribution >= 0.6 is 0 Å². The van der Waals surface area contributed by atoms with Crippen molar-refractivity contribution in [2.24, 2.45) is 0 Å². The molecule has 70 valence electrons. The summed E-state index contributed by atoms with van der Waals surface area (Å²) in [7, 11) is 4.86. The third-order valence-electron chi connectivity index (χ3n) is 1.39. The predicted octanol–water partition coefficient (Wildman–Crippen LogP) is -0.362. The monoisotopic (exact) mass is 173 g/mol. The van der Waals surface area contributed by atoms with E-state index < -0.39 is 12.1 Å². The van der Waals surface area contributed by atoms with Gasteiger partial charge in [-0.05, 0) is 14.1 Å². The smallest absolute Gasteiger partial charge is 0.335 e. The Morgan fingerprint density at radius 2 is 2.17 bits per heavy atom. The highest BCUT2D eigenvalue weighted by molar-refractivity contribution is 5.88. The average molecular weight is 173 g/mol. The molecule has 0 aliphatic heterocycles. The number of methoxy groups -OCH3 is 1. The molecular weight excluding hydrogens is 158 g/mol. The number of aliphatic hydroxyl groups is 1. The molecular formula is C8H15NO3. The van der Waals surface area contributed by atoms with Crippen LogP contribution in [0, 0.1) is 0 Å². The van der Waals surface area contributed by atoms with Crippen molar-refractivity contribution in [3.63, 3.8) is 0 Å². The van der Waals surface area contributed by atoms with E-state index >= 15 is 0 Å². The van der Waals surface area contributed by atoms with Gasteiger partial charge in [0.2, 0.25) is 0 Å². The molecule has 0 aromatic rings. The largest absolute Gasteiger partial charge is 0.466 e. The fraction of sp³-hybridized carbons (Fsp3) is 0.625. The lowest BCUT2D eigenvalue weighted by atomic mass is 10.1. The predicted molar refractivity (Wildman–Crippen MR) is 45.7 cm³/mol. The summed E-state index contributed by atoms with van der Waals surface area (Å²) in [6.07, 6.45) is -0.854. The van der Waals surface area contributed by atoms with Gasteiger partial charge in [0, 0.05) is 6.54 Å². The van der Waals surface area contributed by atoms with Gasteiger partial charge in [-0.15, -0.1) is 0 Å². The number of esters is 1. The molecule has 0 aromatic heterocycles. The summed E-state index contributed by atoms with van der Waals surface area (Å²) in [5, 5.41) is 9.35. The molecule has 1 unspecified atom stereocenters. The van der Waals surface area contributed by atoms with Crippen molar-refractivity contribution in [3.8, 4) is 0 Å². The fourth-order valence-electron chi connectivity index (χ4n) is 0.723. The second-order valence-corrected chi connectivity index (χ2v) is 2.79. The molecule has 1 N–H and O–H groups in total. The quantitative estimate of drug-likeness (QED) is 0.466. The van der Waals surface area contributed by atoms with E-state index in [0.717, 1.165) is 0 Å². The van der Waals surface area contributed by atoms with Crippen LogP contribution < -0.4 is 0 Å². The average Bonchev–Trinajstić information content (AvgIpc) is 2.00. The first-order valence-electron chi connectivity index (χ1n) is 3.59. The lowest BCUT2D eigenvalue weighted by molar-refractivity contribution is -0.137. The molecule has 12 heavy (non-hydrogen) atoms. The van der Waals surface area contributed by atoms with Gasteiger partial charge in [-0.1, -0.05) is 6.58 Å². The Balaban J connectivity index is 4.01. The van der Waals surface area contributed by atoms with Crippen LogP contribution in [0.4, 0.5) is 0 Å². The topological polar surface area (TPSA) is 49.8 Å². The van der Waals surface area contributed by atoms with E-state index in [-0.39, 0.29) is 5.57 Å². The number of rotatable bonds is 4. The first kappa shape index (κ1) is 11.1. The number of carbonyl (C=O) groups excluding carboxylic acids is 1. The van der Waals surface area contributed by atoms with E-state index in [2.05, 4.69) is 11.3 Å². The minimum absolute atomic E-state index is 0.0891. The second kappa shape index (κ2) is 4.90. The van der Waals surface area contributed by atoms with E-state index in [0.29, 0.717) is 6.54 Å². The van der Waals surface area contributed by atoms with Crippen molar-refractivity contribution in [1.29, 1.82) is 0 Å². The molecule has 4 heteroatoms. The van der Waals surface area contributed by atoms with E-state index in [1.165, 1.54) is 7.11 Å². The van der Waals surface area contributed by atoms with E-state index in [4.69, 9.17) is 0 Å². The maximum Gasteiger partial charge on any atom is 0.335 e. The van der Waals surface area contributed by atoms with Crippen molar-refractivity contribution in [3.05, 3.63) is 12.2 Å². The van der Waals surface area contributed by atoms with Crippen LogP contribution in [-0.4, -0.2) is 49.8 Å². The zero-order valence-corrected chi connectivity index (χ0v) is 7.70. The summed E-state index contributed by atoms with van der Waals surface area (Å²) in [6.45, 7) is 3.80. The van der Waals surface area contributed by atoms with Gasteiger partial charge in [-0.25, -0.2) is 4.79 Å². The molecule has 0 rings (SSSR count). The highest BCUT2D eigenvalue weighted by Crippen LogP contribution is 2.02. The van der Waals surface area contributed by atoms with Crippen molar-refractivity contribution in [2.75, 3.05) is 27.7 Å². The first-order valence-corrected chi connectivity index (χ1v) is 3.59. The van der Waals surface area contributed by atoms with Crippen LogP contribution in [0.1, 0.15) is 0 Å². The lowest BCUT2D eigenvalue weighted by Gasteiger charge is -2.16. The maximum absolute atomic E-state index is 10.8. The van der Waals surface area contributed by atoms with Gasteiger partial charge in [0.15, 0.2) is 0 Å². The number of aliphatic hydroxyl groups excluding tert-OH is 1. The highest BCUT2D eigenvalue weighted by atomic mass is 16.5. The van der Waals surface area contributed by atoms with Gasteiger partial charge < -0.3 is 14.7 Å². The Kier molecular flexibility index (Phi) is 4.54. The SMILES string of the molecule is C=C(C(=O)OC)C(O)CN(C)C. The molecule has 0 radical (unpaired) electrons. The van der Waals surface area contributed by atoms with Gasteiger partial charge in [0.1, 0.15) is 0 Å². The lowest BCUT2D eigenvalue weighted by Crippen LogP contribution is -2.30. The Morgan fingerprint density at radius 1 is 1.67 bits per heavy atom. The minimum atomic E-state index is -0.854. The first-order chi connectivity index (χ1) is 5.49. The molecule has 0 saturated carbocycles. The zero-order chi connectivity index (χ0) is 9.72. The van der Waals surface area contributed by atoms with Crippen molar-refractivity contribution in [1.82, 2.24) is 4.90 Å². The minimum Gasteiger partial charge on any atom is -0.466 e. The van der Waals surface area contributed by atoms with Crippen LogP contribution in [0.5, 0.6) is 0 Å². The number of hydrogen-bond donors (Lipinski definition) is 1. The summed E-state index contributed by atoms with van der Waals surface area (Å²) < 4.78 is 4.40. The summed E-state index contributed by atoms with van der Waals surface area (Å²) in [5.74, 6) is -0.565. The third-order valence-corrected chi connectivity index (χ3v) is 1.39. The summed E-state index contributed by atoms with van der Waals surface area (Å²) in [4.78, 5) is 12.6. The van der Waals surface area contributed by atoms with Crippen LogP contribution in [0.15, 0.2) is 12.2 Å². The summed E-state index contributed by atoms with van der Waals surface area (Å²) in [6, 6.07) is 0. The van der Waals surface area contributed by atoms with Gasteiger partial charge in [-0.3, -0.25) is 0 Å². The van der Waals surface area contributed by atoms with E-state index in [1.807, 2.05) is 0 Å². The normalized spacial score (nSPS) is 12.8. The summed E-state index contributed by atoms with van der Waals surface area (Å²) >= 11 is 0. The molecule has 0 aliphatic rings. The van der Waals surface area contributed by atoms with Crippen LogP contribution in [0.2, 0.25) is 0 Å². The zero-order valence-electron chi connectivity index (χ0n) is 7.70. The van der Waals surface area contributed by atoms with Crippen LogP contribution in [-0.2, 0) is 9.53 Å². The molecule has 0 heterocycles. The van der Waals surface area contributed by atoms with Gasteiger partial charge >= 0.3 is 5.97 Å². The number of likely N-dealkylation sites (N-methyl/N-ethyl adjacent to an activating group) is 1. The second-order valence-electron chi connectivity index (χ2n) is 2.79. The number of nitrogens with zero attached hydrogens (tertiary/aromatic N) is 1. The Hall–Kier alpha value is -0.870. The van der Waals surface area contributed by atoms with E-state index in [9.17, 15) is 9.90 Å². The van der Waals surface area contributed by atoms with Gasteiger partial charge in [0.05, 0.1) is 18.8 Å². The molecule has 0 saturated heterocycles. The molecule has 0 amide bonds. The van der Waals surface area contributed by atoms with Gasteiger partial charge in [0.25, 0.3) is 0 Å². The van der Waals surface area contributed by atoms with E-state index in [1.54, 1.807) is 19.0 Å².